The van der Waals surface area contributed by atoms with E-state index in [1.165, 1.54) is 5.56 Å². The maximum absolute atomic E-state index is 5.26. The minimum absolute atomic E-state index is 0. The van der Waals surface area contributed by atoms with Crippen molar-refractivity contribution in [2.24, 2.45) is 0 Å². The summed E-state index contributed by atoms with van der Waals surface area (Å²) in [4.78, 5) is 0. The SMILES string of the molecule is COc1cc(OC)cc([C@H]2CNCCN2)c1.Cl. The lowest BCUT2D eigenvalue weighted by Crippen LogP contribution is -2.42. The van der Waals surface area contributed by atoms with E-state index >= 15 is 0 Å². The fourth-order valence-corrected chi connectivity index (χ4v) is 1.92. The summed E-state index contributed by atoms with van der Waals surface area (Å²) < 4.78 is 10.5. The first kappa shape index (κ1) is 14.1. The molecule has 1 atom stereocenters. The van der Waals surface area contributed by atoms with Crippen molar-refractivity contribution in [2.75, 3.05) is 33.9 Å². The Kier molecular flexibility index (Phi) is 5.55. The van der Waals surface area contributed by atoms with Gasteiger partial charge in [0.05, 0.1) is 14.2 Å². The van der Waals surface area contributed by atoms with Crippen LogP contribution in [0.5, 0.6) is 11.5 Å². The third-order valence-electron chi connectivity index (χ3n) is 2.82. The van der Waals surface area contributed by atoms with Crippen molar-refractivity contribution >= 4 is 12.4 Å². The Morgan fingerprint density at radius 3 is 2.18 bits per heavy atom. The number of hydrogen-bond acceptors (Lipinski definition) is 4. The van der Waals surface area contributed by atoms with Gasteiger partial charge in [0.25, 0.3) is 0 Å². The van der Waals surface area contributed by atoms with Gasteiger partial charge in [-0.05, 0) is 17.7 Å². The number of nitrogens with one attached hydrogen (secondary N) is 2. The van der Waals surface area contributed by atoms with Gasteiger partial charge in [-0.1, -0.05) is 0 Å². The van der Waals surface area contributed by atoms with E-state index < -0.39 is 0 Å². The van der Waals surface area contributed by atoms with Gasteiger partial charge in [0, 0.05) is 31.7 Å². The molecule has 1 aliphatic heterocycles. The van der Waals surface area contributed by atoms with Crippen LogP contribution in [0, 0.1) is 0 Å². The van der Waals surface area contributed by atoms with Crippen molar-refractivity contribution in [1.82, 2.24) is 10.6 Å². The van der Waals surface area contributed by atoms with E-state index in [1.54, 1.807) is 14.2 Å². The fraction of sp³-hybridized carbons (Fsp3) is 0.500. The van der Waals surface area contributed by atoms with Crippen LogP contribution in [-0.4, -0.2) is 33.9 Å². The third kappa shape index (κ3) is 3.49. The Morgan fingerprint density at radius 2 is 1.71 bits per heavy atom. The van der Waals surface area contributed by atoms with Crippen molar-refractivity contribution < 1.29 is 9.47 Å². The molecule has 1 aliphatic rings. The van der Waals surface area contributed by atoms with Gasteiger partial charge in [-0.2, -0.15) is 0 Å². The number of hydrogen-bond donors (Lipinski definition) is 2. The van der Waals surface area contributed by atoms with E-state index in [0.717, 1.165) is 31.1 Å². The van der Waals surface area contributed by atoms with Gasteiger partial charge >= 0.3 is 0 Å². The number of halogens is 1. The Bertz CT molecular complexity index is 332. The fourth-order valence-electron chi connectivity index (χ4n) is 1.92. The minimum Gasteiger partial charge on any atom is -0.497 e. The predicted octanol–water partition coefficient (Wildman–Crippen LogP) is 1.36. The first-order valence-corrected chi connectivity index (χ1v) is 5.50. The van der Waals surface area contributed by atoms with Gasteiger partial charge in [0.1, 0.15) is 11.5 Å². The molecule has 0 radical (unpaired) electrons. The molecule has 17 heavy (non-hydrogen) atoms. The number of rotatable bonds is 3. The highest BCUT2D eigenvalue weighted by Crippen LogP contribution is 2.26. The number of benzene rings is 1. The van der Waals surface area contributed by atoms with Crippen LogP contribution in [0.1, 0.15) is 11.6 Å². The van der Waals surface area contributed by atoms with Crippen LogP contribution in [0.4, 0.5) is 0 Å². The Morgan fingerprint density at radius 1 is 1.06 bits per heavy atom. The molecule has 1 aromatic rings. The lowest BCUT2D eigenvalue weighted by Gasteiger charge is -2.25. The molecule has 0 unspecified atom stereocenters. The van der Waals surface area contributed by atoms with Gasteiger partial charge in [-0.15, -0.1) is 12.4 Å². The second kappa shape index (κ2) is 6.69. The summed E-state index contributed by atoms with van der Waals surface area (Å²) in [6.07, 6.45) is 0. The van der Waals surface area contributed by atoms with Crippen LogP contribution in [0.2, 0.25) is 0 Å². The van der Waals surface area contributed by atoms with Crippen LogP contribution in [-0.2, 0) is 0 Å². The average Bonchev–Trinajstić information content (AvgIpc) is 2.39. The molecule has 2 N–H and O–H groups in total. The number of ether oxygens (including phenoxy) is 2. The summed E-state index contributed by atoms with van der Waals surface area (Å²) in [5, 5.41) is 6.83. The largest absolute Gasteiger partial charge is 0.497 e. The van der Waals surface area contributed by atoms with Gasteiger partial charge < -0.3 is 20.1 Å². The van der Waals surface area contributed by atoms with Gasteiger partial charge in [-0.3, -0.25) is 0 Å². The Balaban J connectivity index is 0.00000144. The topological polar surface area (TPSA) is 42.5 Å². The third-order valence-corrected chi connectivity index (χ3v) is 2.82. The minimum atomic E-state index is 0. The molecule has 1 saturated heterocycles. The molecule has 4 nitrogen and oxygen atoms in total. The maximum Gasteiger partial charge on any atom is 0.122 e. The molecule has 0 amide bonds. The summed E-state index contributed by atoms with van der Waals surface area (Å²) in [7, 11) is 3.34. The summed E-state index contributed by atoms with van der Waals surface area (Å²) in [6, 6.07) is 6.32. The summed E-state index contributed by atoms with van der Waals surface area (Å²) >= 11 is 0. The highest BCUT2D eigenvalue weighted by molar-refractivity contribution is 5.85. The molecule has 1 aromatic carbocycles. The van der Waals surface area contributed by atoms with E-state index in [9.17, 15) is 0 Å². The van der Waals surface area contributed by atoms with Crippen molar-refractivity contribution in [3.05, 3.63) is 23.8 Å². The van der Waals surface area contributed by atoms with Gasteiger partial charge in [-0.25, -0.2) is 0 Å². The maximum atomic E-state index is 5.26. The van der Waals surface area contributed by atoms with Gasteiger partial charge in [0.15, 0.2) is 0 Å². The van der Waals surface area contributed by atoms with E-state index in [1.807, 2.05) is 18.2 Å². The molecule has 96 valence electrons. The van der Waals surface area contributed by atoms with Crippen molar-refractivity contribution in [2.45, 2.75) is 6.04 Å². The van der Waals surface area contributed by atoms with E-state index in [4.69, 9.17) is 9.47 Å². The second-order valence-electron chi connectivity index (χ2n) is 3.86. The summed E-state index contributed by atoms with van der Waals surface area (Å²) in [5.41, 5.74) is 1.20. The smallest absolute Gasteiger partial charge is 0.122 e. The summed E-state index contributed by atoms with van der Waals surface area (Å²) in [5.74, 6) is 1.67. The lowest BCUT2D eigenvalue weighted by molar-refractivity contribution is 0.387. The zero-order valence-electron chi connectivity index (χ0n) is 10.2. The molecule has 1 fully saturated rings. The normalized spacial score (nSPS) is 19.3. The van der Waals surface area contributed by atoms with Crippen LogP contribution in [0.3, 0.4) is 0 Å². The molecule has 5 heteroatoms. The molecule has 2 rings (SSSR count). The van der Waals surface area contributed by atoms with E-state index in [2.05, 4.69) is 10.6 Å². The average molecular weight is 259 g/mol. The van der Waals surface area contributed by atoms with E-state index in [-0.39, 0.29) is 12.4 Å². The number of methoxy groups -OCH3 is 2. The van der Waals surface area contributed by atoms with Crippen molar-refractivity contribution in [3.8, 4) is 11.5 Å². The van der Waals surface area contributed by atoms with E-state index in [0.29, 0.717) is 6.04 Å². The van der Waals surface area contributed by atoms with Gasteiger partial charge in [0.2, 0.25) is 0 Å². The molecule has 0 aromatic heterocycles. The quantitative estimate of drug-likeness (QED) is 0.859. The Hall–Kier alpha value is -0.970. The molecule has 0 saturated carbocycles. The number of piperazine rings is 1. The molecule has 0 aliphatic carbocycles. The molecule has 0 bridgehead atoms. The van der Waals surface area contributed by atoms with Crippen molar-refractivity contribution in [1.29, 1.82) is 0 Å². The molecular weight excluding hydrogens is 240 g/mol. The predicted molar refractivity (Wildman–Crippen MR) is 70.4 cm³/mol. The highest BCUT2D eigenvalue weighted by atomic mass is 35.5. The summed E-state index contributed by atoms with van der Waals surface area (Å²) in [6.45, 7) is 2.96. The monoisotopic (exact) mass is 258 g/mol. The Labute approximate surface area is 108 Å². The van der Waals surface area contributed by atoms with Crippen molar-refractivity contribution in [3.63, 3.8) is 0 Å². The first-order valence-electron chi connectivity index (χ1n) is 5.50. The molecule has 0 spiro atoms. The zero-order valence-corrected chi connectivity index (χ0v) is 11.0. The zero-order chi connectivity index (χ0) is 11.4. The van der Waals surface area contributed by atoms with Crippen LogP contribution in [0.25, 0.3) is 0 Å². The highest BCUT2D eigenvalue weighted by Gasteiger charge is 2.15. The molecular formula is C12H19ClN2O2. The first-order chi connectivity index (χ1) is 7.83. The second-order valence-corrected chi connectivity index (χ2v) is 3.86. The standard InChI is InChI=1S/C12H18N2O2.ClH/c1-15-10-5-9(6-11(7-10)16-2)12-8-13-3-4-14-12;/h5-7,12-14H,3-4,8H2,1-2H3;1H/t12-;/m1./s1. The molecule has 1 heterocycles. The van der Waals surface area contributed by atoms with Crippen LogP contribution < -0.4 is 20.1 Å². The van der Waals surface area contributed by atoms with Crippen LogP contribution in [0.15, 0.2) is 18.2 Å². The van der Waals surface area contributed by atoms with Crippen LogP contribution >= 0.6 is 12.4 Å². The lowest BCUT2D eigenvalue weighted by atomic mass is 10.0.